The summed E-state index contributed by atoms with van der Waals surface area (Å²) < 4.78 is 6.92. The van der Waals surface area contributed by atoms with Crippen LogP contribution in [0.5, 0.6) is 5.75 Å². The fourth-order valence-electron chi connectivity index (χ4n) is 2.00. The molecule has 1 aromatic carbocycles. The fourth-order valence-corrected chi connectivity index (χ4v) is 3.22. The number of benzene rings is 1. The second-order valence-corrected chi connectivity index (χ2v) is 6.67. The maximum Gasteiger partial charge on any atom is 0.161 e. The van der Waals surface area contributed by atoms with Gasteiger partial charge in [-0.25, -0.2) is 9.97 Å². The van der Waals surface area contributed by atoms with Gasteiger partial charge in [-0.2, -0.15) is 0 Å². The van der Waals surface area contributed by atoms with Crippen LogP contribution in [0.3, 0.4) is 0 Å². The molecule has 0 radical (unpaired) electrons. The van der Waals surface area contributed by atoms with Crippen molar-refractivity contribution < 1.29 is 4.74 Å². The predicted molar refractivity (Wildman–Crippen MR) is 86.4 cm³/mol. The Hall–Kier alpha value is -0.650. The summed E-state index contributed by atoms with van der Waals surface area (Å²) in [5, 5.41) is 0.462. The quantitative estimate of drug-likeness (QED) is 0.642. The van der Waals surface area contributed by atoms with Crippen LogP contribution in [0.2, 0.25) is 5.15 Å². The molecule has 0 unspecified atom stereocenters. The predicted octanol–water partition coefficient (Wildman–Crippen LogP) is 5.21. The number of hydrogen-bond donors (Lipinski definition) is 0. The minimum Gasteiger partial charge on any atom is -0.496 e. The van der Waals surface area contributed by atoms with Crippen LogP contribution < -0.4 is 4.74 Å². The van der Waals surface area contributed by atoms with E-state index in [4.69, 9.17) is 16.3 Å². The lowest BCUT2D eigenvalue weighted by Gasteiger charge is -2.09. The van der Waals surface area contributed by atoms with E-state index in [1.54, 1.807) is 7.11 Å². The molecule has 3 rings (SSSR count). The Morgan fingerprint density at radius 3 is 2.60 bits per heavy atom. The first-order chi connectivity index (χ1) is 9.60. The molecule has 1 aromatic heterocycles. The van der Waals surface area contributed by atoms with Crippen molar-refractivity contribution in [2.24, 2.45) is 0 Å². The first-order valence-corrected chi connectivity index (χ1v) is 8.13. The van der Waals surface area contributed by atoms with Crippen LogP contribution in [0.15, 0.2) is 27.1 Å². The summed E-state index contributed by atoms with van der Waals surface area (Å²) >= 11 is 13.2. The van der Waals surface area contributed by atoms with Crippen LogP contribution in [0, 0.1) is 0 Å². The summed E-state index contributed by atoms with van der Waals surface area (Å²) in [5.41, 5.74) is 1.92. The average Bonchev–Trinajstić information content (AvgIpc) is 3.26. The van der Waals surface area contributed by atoms with E-state index in [-0.39, 0.29) is 0 Å². The van der Waals surface area contributed by atoms with Crippen molar-refractivity contribution in [3.05, 3.63) is 38.0 Å². The average molecular weight is 419 g/mol. The molecule has 2 aromatic rings. The molecule has 1 heterocycles. The Kier molecular flexibility index (Phi) is 4.02. The van der Waals surface area contributed by atoms with Gasteiger partial charge in [0, 0.05) is 11.5 Å². The highest BCUT2D eigenvalue weighted by Gasteiger charge is 2.29. The van der Waals surface area contributed by atoms with Gasteiger partial charge in [-0.15, -0.1) is 0 Å². The minimum atomic E-state index is 0.462. The Morgan fingerprint density at radius 2 is 2.00 bits per heavy atom. The third kappa shape index (κ3) is 2.71. The molecule has 0 spiro atoms. The number of aromatic nitrogens is 2. The maximum absolute atomic E-state index is 6.20. The van der Waals surface area contributed by atoms with Crippen LogP contribution in [0.1, 0.15) is 24.5 Å². The van der Waals surface area contributed by atoms with Crippen LogP contribution >= 0.6 is 43.5 Å². The van der Waals surface area contributed by atoms with E-state index in [0.29, 0.717) is 16.9 Å². The highest BCUT2D eigenvalue weighted by molar-refractivity contribution is 9.11. The van der Waals surface area contributed by atoms with Crippen molar-refractivity contribution in [3.8, 4) is 17.1 Å². The molecule has 20 heavy (non-hydrogen) atoms. The molecule has 104 valence electrons. The van der Waals surface area contributed by atoms with E-state index >= 15 is 0 Å². The van der Waals surface area contributed by atoms with Gasteiger partial charge in [-0.05, 0) is 62.9 Å². The Bertz CT molecular complexity index is 674. The molecule has 0 atom stereocenters. The standard InChI is InChI=1S/C14H11Br2ClN2O/c1-20-10-5-4-8(6-9(10)15)14-18-12(7-2-3-7)11(16)13(17)19-14/h4-7H,2-3H2,1H3. The van der Waals surface area contributed by atoms with Crippen molar-refractivity contribution in [1.29, 1.82) is 0 Å². The highest BCUT2D eigenvalue weighted by Crippen LogP contribution is 2.44. The van der Waals surface area contributed by atoms with Crippen LogP contribution in [-0.2, 0) is 0 Å². The molecular formula is C14H11Br2ClN2O. The zero-order valence-electron chi connectivity index (χ0n) is 10.7. The molecule has 3 nitrogen and oxygen atoms in total. The van der Waals surface area contributed by atoms with Crippen molar-refractivity contribution in [1.82, 2.24) is 9.97 Å². The van der Waals surface area contributed by atoms with Gasteiger partial charge in [0.05, 0.1) is 21.7 Å². The van der Waals surface area contributed by atoms with E-state index in [1.807, 2.05) is 18.2 Å². The normalized spacial score (nSPS) is 14.4. The van der Waals surface area contributed by atoms with Gasteiger partial charge in [0.15, 0.2) is 5.82 Å². The third-order valence-corrected chi connectivity index (χ3v) is 5.11. The SMILES string of the molecule is COc1ccc(-c2nc(Cl)c(Br)c(C3CC3)n2)cc1Br. The molecule has 0 N–H and O–H groups in total. The number of nitrogens with zero attached hydrogens (tertiary/aromatic N) is 2. The topological polar surface area (TPSA) is 35.0 Å². The van der Waals surface area contributed by atoms with Gasteiger partial charge in [0.1, 0.15) is 10.9 Å². The molecule has 0 bridgehead atoms. The van der Waals surface area contributed by atoms with Crippen molar-refractivity contribution >= 4 is 43.5 Å². The molecular weight excluding hydrogens is 407 g/mol. The summed E-state index contributed by atoms with van der Waals surface area (Å²) in [5.74, 6) is 1.92. The molecule has 6 heteroatoms. The van der Waals surface area contributed by atoms with Gasteiger partial charge >= 0.3 is 0 Å². The summed E-state index contributed by atoms with van der Waals surface area (Å²) in [6, 6.07) is 5.75. The van der Waals surface area contributed by atoms with E-state index < -0.39 is 0 Å². The lowest BCUT2D eigenvalue weighted by molar-refractivity contribution is 0.412. The molecule has 0 amide bonds. The Labute approximate surface area is 139 Å². The van der Waals surface area contributed by atoms with Crippen LogP contribution in [0.25, 0.3) is 11.4 Å². The van der Waals surface area contributed by atoms with Crippen molar-refractivity contribution in [3.63, 3.8) is 0 Å². The molecule has 0 aliphatic heterocycles. The number of rotatable bonds is 3. The Balaban J connectivity index is 2.07. The molecule has 1 aliphatic rings. The summed E-state index contributed by atoms with van der Waals surface area (Å²) in [6.45, 7) is 0. The van der Waals surface area contributed by atoms with Gasteiger partial charge in [0.2, 0.25) is 0 Å². The zero-order chi connectivity index (χ0) is 14.3. The number of halogens is 3. The minimum absolute atomic E-state index is 0.462. The van der Waals surface area contributed by atoms with Gasteiger partial charge < -0.3 is 4.74 Å². The lowest BCUT2D eigenvalue weighted by Crippen LogP contribution is -1.97. The molecule has 1 fully saturated rings. The molecule has 1 aliphatic carbocycles. The van der Waals surface area contributed by atoms with E-state index in [0.717, 1.165) is 38.8 Å². The molecule has 1 saturated carbocycles. The Morgan fingerprint density at radius 1 is 1.25 bits per heavy atom. The number of hydrogen-bond acceptors (Lipinski definition) is 3. The first-order valence-electron chi connectivity index (χ1n) is 6.17. The van der Waals surface area contributed by atoms with Crippen molar-refractivity contribution in [2.45, 2.75) is 18.8 Å². The van der Waals surface area contributed by atoms with Gasteiger partial charge in [-0.3, -0.25) is 0 Å². The van der Waals surface area contributed by atoms with E-state index in [2.05, 4.69) is 41.8 Å². The second kappa shape index (κ2) is 5.62. The monoisotopic (exact) mass is 416 g/mol. The van der Waals surface area contributed by atoms with E-state index in [1.165, 1.54) is 0 Å². The largest absolute Gasteiger partial charge is 0.496 e. The zero-order valence-corrected chi connectivity index (χ0v) is 14.6. The lowest BCUT2D eigenvalue weighted by atomic mass is 10.2. The maximum atomic E-state index is 6.20. The van der Waals surface area contributed by atoms with E-state index in [9.17, 15) is 0 Å². The highest BCUT2D eigenvalue weighted by atomic mass is 79.9. The van der Waals surface area contributed by atoms with Crippen molar-refractivity contribution in [2.75, 3.05) is 7.11 Å². The number of methoxy groups -OCH3 is 1. The fraction of sp³-hybridized carbons (Fsp3) is 0.286. The first kappa shape index (κ1) is 14.3. The molecule has 0 saturated heterocycles. The van der Waals surface area contributed by atoms with Gasteiger partial charge in [0.25, 0.3) is 0 Å². The summed E-state index contributed by atoms with van der Waals surface area (Å²) in [7, 11) is 1.64. The van der Waals surface area contributed by atoms with Crippen LogP contribution in [0.4, 0.5) is 0 Å². The number of ether oxygens (including phenoxy) is 1. The summed E-state index contributed by atoms with van der Waals surface area (Å²) in [6.07, 6.45) is 2.33. The third-order valence-electron chi connectivity index (χ3n) is 3.21. The van der Waals surface area contributed by atoms with Gasteiger partial charge in [-0.1, -0.05) is 11.6 Å². The van der Waals surface area contributed by atoms with Crippen LogP contribution in [-0.4, -0.2) is 17.1 Å². The smallest absolute Gasteiger partial charge is 0.161 e. The second-order valence-electron chi connectivity index (χ2n) is 4.66. The summed E-state index contributed by atoms with van der Waals surface area (Å²) in [4.78, 5) is 9.01.